The van der Waals surface area contributed by atoms with E-state index < -0.39 is 5.82 Å². The van der Waals surface area contributed by atoms with E-state index in [4.69, 9.17) is 11.6 Å². The van der Waals surface area contributed by atoms with Crippen LogP contribution < -0.4 is 0 Å². The summed E-state index contributed by atoms with van der Waals surface area (Å²) in [6.45, 7) is 4.39. The fraction of sp³-hybridized carbons (Fsp3) is 0.565. The number of aliphatic hydroxyl groups excluding tert-OH is 1. The van der Waals surface area contributed by atoms with Gasteiger partial charge in [-0.2, -0.15) is 0 Å². The monoisotopic (exact) mass is 449 g/mol. The number of β-amino-alcohol motifs (C(OH)–C–C–N with tert-alkyl or cyclic N) is 1. The Bertz CT molecular complexity index is 874. The predicted molar refractivity (Wildman–Crippen MR) is 117 cm³/mol. The zero-order chi connectivity index (χ0) is 22.0. The molecule has 1 spiro atoms. The van der Waals surface area contributed by atoms with Crippen LogP contribution in [-0.4, -0.2) is 83.5 Å². The van der Waals surface area contributed by atoms with Crippen molar-refractivity contribution in [2.45, 2.75) is 31.8 Å². The van der Waals surface area contributed by atoms with E-state index in [-0.39, 0.29) is 34.9 Å². The number of carbonyl (C=O) groups is 2. The first-order valence-electron chi connectivity index (χ1n) is 11.0. The summed E-state index contributed by atoms with van der Waals surface area (Å²) in [7, 11) is 0. The maximum atomic E-state index is 13.2. The number of halogens is 2. The maximum absolute atomic E-state index is 13.2. The Labute approximate surface area is 187 Å². The summed E-state index contributed by atoms with van der Waals surface area (Å²) in [5.41, 5.74) is 0.840. The van der Waals surface area contributed by atoms with Crippen LogP contribution in [0.25, 0.3) is 6.08 Å². The molecular formula is C23H29ClFN3O3. The molecule has 0 unspecified atom stereocenters. The van der Waals surface area contributed by atoms with Crippen LogP contribution in [0.3, 0.4) is 0 Å². The quantitative estimate of drug-likeness (QED) is 0.677. The number of amides is 2. The summed E-state index contributed by atoms with van der Waals surface area (Å²) in [5, 5.41) is 10.3. The Morgan fingerprint density at radius 2 is 2.03 bits per heavy atom. The standard InChI is InChI=1S/C23H29ClFN3O3/c24-18-14-17(2-4-19(18)25)3-5-21(30)28-13-12-27(22(31)16-28)10-1-9-26-11-8-23(6-7-23)20(29)15-26/h2-5,14,20,29H,1,6-13,15-16H2/t20-/m1/s1. The van der Waals surface area contributed by atoms with Gasteiger partial charge in [0.2, 0.25) is 11.8 Å². The minimum absolute atomic E-state index is 0.00417. The Morgan fingerprint density at radius 3 is 2.71 bits per heavy atom. The molecule has 1 saturated carbocycles. The lowest BCUT2D eigenvalue weighted by molar-refractivity contribution is -0.143. The first kappa shape index (κ1) is 22.2. The maximum Gasteiger partial charge on any atom is 0.247 e. The smallest absolute Gasteiger partial charge is 0.247 e. The van der Waals surface area contributed by atoms with E-state index in [1.807, 2.05) is 4.90 Å². The number of aliphatic hydroxyl groups is 1. The SMILES string of the molecule is O=C(C=Cc1ccc(F)c(Cl)c1)N1CCN(CCCN2CCC3(CC3)[C@H](O)C2)C(=O)C1. The number of piperidine rings is 1. The Kier molecular flexibility index (Phi) is 6.65. The Balaban J connectivity index is 1.19. The zero-order valence-electron chi connectivity index (χ0n) is 17.6. The molecule has 1 aromatic carbocycles. The van der Waals surface area contributed by atoms with Crippen molar-refractivity contribution < 1.29 is 19.1 Å². The number of piperazine rings is 1. The second-order valence-electron chi connectivity index (χ2n) is 8.93. The highest BCUT2D eigenvalue weighted by molar-refractivity contribution is 6.30. The van der Waals surface area contributed by atoms with E-state index in [0.717, 1.165) is 45.3 Å². The summed E-state index contributed by atoms with van der Waals surface area (Å²) in [5.74, 6) is -0.798. The van der Waals surface area contributed by atoms with Gasteiger partial charge in [-0.25, -0.2) is 4.39 Å². The molecule has 0 bridgehead atoms. The summed E-state index contributed by atoms with van der Waals surface area (Å²) in [6.07, 6.45) is 7.01. The number of hydrogen-bond acceptors (Lipinski definition) is 4. The molecule has 2 amide bonds. The van der Waals surface area contributed by atoms with Crippen molar-refractivity contribution in [3.63, 3.8) is 0 Å². The lowest BCUT2D eigenvalue weighted by Crippen LogP contribution is -2.52. The van der Waals surface area contributed by atoms with Gasteiger partial charge in [-0.1, -0.05) is 17.7 Å². The molecule has 2 aliphatic heterocycles. The van der Waals surface area contributed by atoms with Crippen LogP contribution in [0.15, 0.2) is 24.3 Å². The van der Waals surface area contributed by atoms with Gasteiger partial charge in [0.15, 0.2) is 0 Å². The molecule has 0 aromatic heterocycles. The molecule has 1 atom stereocenters. The van der Waals surface area contributed by atoms with Crippen molar-refractivity contribution in [3.05, 3.63) is 40.7 Å². The van der Waals surface area contributed by atoms with Crippen LogP contribution in [0.4, 0.5) is 4.39 Å². The van der Waals surface area contributed by atoms with Crippen LogP contribution in [-0.2, 0) is 9.59 Å². The molecule has 8 heteroatoms. The second kappa shape index (κ2) is 9.27. The number of likely N-dealkylation sites (tertiary alicyclic amines) is 1. The van der Waals surface area contributed by atoms with Gasteiger partial charge < -0.3 is 19.8 Å². The number of rotatable bonds is 6. The summed E-state index contributed by atoms with van der Waals surface area (Å²) in [6, 6.07) is 4.25. The van der Waals surface area contributed by atoms with E-state index in [1.165, 1.54) is 23.1 Å². The highest BCUT2D eigenvalue weighted by Crippen LogP contribution is 2.53. The zero-order valence-corrected chi connectivity index (χ0v) is 18.4. The highest BCUT2D eigenvalue weighted by atomic mass is 35.5. The lowest BCUT2D eigenvalue weighted by atomic mass is 9.90. The predicted octanol–water partition coefficient (Wildman–Crippen LogP) is 2.40. The summed E-state index contributed by atoms with van der Waals surface area (Å²) >= 11 is 5.76. The fourth-order valence-corrected chi connectivity index (χ4v) is 4.72. The number of nitrogens with zero attached hydrogens (tertiary/aromatic N) is 3. The minimum Gasteiger partial charge on any atom is -0.391 e. The highest BCUT2D eigenvalue weighted by Gasteiger charge is 2.51. The number of carbonyl (C=O) groups excluding carboxylic acids is 2. The molecular weight excluding hydrogens is 421 g/mol. The van der Waals surface area contributed by atoms with Gasteiger partial charge in [0.05, 0.1) is 11.1 Å². The molecule has 1 aliphatic carbocycles. The van der Waals surface area contributed by atoms with Crippen molar-refractivity contribution in [1.29, 1.82) is 0 Å². The molecule has 3 fully saturated rings. The molecule has 31 heavy (non-hydrogen) atoms. The van der Waals surface area contributed by atoms with Crippen molar-refractivity contribution in [2.75, 3.05) is 45.8 Å². The van der Waals surface area contributed by atoms with Crippen LogP contribution >= 0.6 is 11.6 Å². The Morgan fingerprint density at radius 1 is 1.23 bits per heavy atom. The Hall–Kier alpha value is -1.96. The molecule has 0 radical (unpaired) electrons. The van der Waals surface area contributed by atoms with Crippen molar-refractivity contribution >= 4 is 29.5 Å². The van der Waals surface area contributed by atoms with Gasteiger partial charge >= 0.3 is 0 Å². The third-order valence-corrected chi connectivity index (χ3v) is 7.14. The van der Waals surface area contributed by atoms with Crippen LogP contribution in [0, 0.1) is 11.2 Å². The number of hydrogen-bond donors (Lipinski definition) is 1. The van der Waals surface area contributed by atoms with Crippen LogP contribution in [0.2, 0.25) is 5.02 Å². The molecule has 4 rings (SSSR count). The molecule has 6 nitrogen and oxygen atoms in total. The molecule has 1 aromatic rings. The summed E-state index contributed by atoms with van der Waals surface area (Å²) in [4.78, 5) is 30.5. The van der Waals surface area contributed by atoms with Gasteiger partial charge in [0.25, 0.3) is 0 Å². The lowest BCUT2D eigenvalue weighted by Gasteiger charge is -2.37. The molecule has 1 N–H and O–H groups in total. The van der Waals surface area contributed by atoms with E-state index in [2.05, 4.69) is 4.90 Å². The minimum atomic E-state index is -0.504. The first-order chi connectivity index (χ1) is 14.9. The molecule has 2 heterocycles. The molecule has 2 saturated heterocycles. The van der Waals surface area contributed by atoms with Crippen molar-refractivity contribution in [1.82, 2.24) is 14.7 Å². The number of benzene rings is 1. The largest absolute Gasteiger partial charge is 0.391 e. The van der Waals surface area contributed by atoms with Crippen LogP contribution in [0.1, 0.15) is 31.2 Å². The van der Waals surface area contributed by atoms with E-state index in [0.29, 0.717) is 25.2 Å². The van der Waals surface area contributed by atoms with Gasteiger partial charge in [0, 0.05) is 32.3 Å². The topological polar surface area (TPSA) is 64.1 Å². The van der Waals surface area contributed by atoms with E-state index in [1.54, 1.807) is 12.1 Å². The van der Waals surface area contributed by atoms with E-state index in [9.17, 15) is 19.1 Å². The van der Waals surface area contributed by atoms with Gasteiger partial charge in [0.1, 0.15) is 12.4 Å². The normalized spacial score (nSPS) is 23.7. The first-order valence-corrected chi connectivity index (χ1v) is 11.3. The third kappa shape index (κ3) is 5.27. The van der Waals surface area contributed by atoms with Gasteiger partial charge in [-0.15, -0.1) is 0 Å². The van der Waals surface area contributed by atoms with Crippen molar-refractivity contribution in [2.24, 2.45) is 5.41 Å². The van der Waals surface area contributed by atoms with Gasteiger partial charge in [-0.05, 0) is 68.0 Å². The fourth-order valence-electron chi connectivity index (χ4n) is 4.53. The van der Waals surface area contributed by atoms with E-state index >= 15 is 0 Å². The third-order valence-electron chi connectivity index (χ3n) is 6.85. The average molecular weight is 450 g/mol. The summed E-state index contributed by atoms with van der Waals surface area (Å²) < 4.78 is 13.2. The molecule has 3 aliphatic rings. The van der Waals surface area contributed by atoms with Crippen LogP contribution in [0.5, 0.6) is 0 Å². The average Bonchev–Trinajstić information content (AvgIpc) is 3.53. The second-order valence-corrected chi connectivity index (χ2v) is 9.34. The van der Waals surface area contributed by atoms with Crippen molar-refractivity contribution in [3.8, 4) is 0 Å². The van der Waals surface area contributed by atoms with Gasteiger partial charge in [-0.3, -0.25) is 9.59 Å². The molecule has 168 valence electrons.